The predicted molar refractivity (Wildman–Crippen MR) is 121 cm³/mol. The Kier molecular flexibility index (Phi) is 4.94. The highest BCUT2D eigenvalue weighted by Crippen LogP contribution is 2.51. The highest BCUT2D eigenvalue weighted by atomic mass is 16.6. The van der Waals surface area contributed by atoms with Crippen LogP contribution in [-0.2, 0) is 6.61 Å². The lowest BCUT2D eigenvalue weighted by Gasteiger charge is -2.38. The molecule has 1 aliphatic carbocycles. The first kappa shape index (κ1) is 19.4. The molecule has 31 heavy (non-hydrogen) atoms. The fourth-order valence-corrected chi connectivity index (χ4v) is 4.84. The molecule has 3 aromatic rings. The Morgan fingerprint density at radius 1 is 1.06 bits per heavy atom. The molecule has 0 bridgehead atoms. The molecule has 3 unspecified atom stereocenters. The first-order chi connectivity index (χ1) is 15.1. The number of fused-ring (bicyclic) bond motifs is 3. The summed E-state index contributed by atoms with van der Waals surface area (Å²) >= 11 is 0. The molecule has 0 amide bonds. The van der Waals surface area contributed by atoms with Crippen molar-refractivity contribution < 1.29 is 9.66 Å². The summed E-state index contributed by atoms with van der Waals surface area (Å²) in [5.74, 6) is 1.50. The number of benzene rings is 3. The lowest BCUT2D eigenvalue weighted by atomic mass is 9.76. The molecule has 2 aliphatic rings. The zero-order chi connectivity index (χ0) is 21.4. The van der Waals surface area contributed by atoms with E-state index in [2.05, 4.69) is 29.6 Å². The second kappa shape index (κ2) is 7.91. The van der Waals surface area contributed by atoms with Crippen molar-refractivity contribution in [2.24, 2.45) is 5.92 Å². The van der Waals surface area contributed by atoms with Crippen molar-refractivity contribution >= 4 is 11.4 Å². The Morgan fingerprint density at radius 2 is 1.84 bits per heavy atom. The Hall–Kier alpha value is -3.60. The molecule has 5 nitrogen and oxygen atoms in total. The summed E-state index contributed by atoms with van der Waals surface area (Å²) in [7, 11) is 0. The second-order valence-electron chi connectivity index (χ2n) is 8.25. The van der Waals surface area contributed by atoms with Crippen molar-refractivity contribution in [2.45, 2.75) is 31.9 Å². The summed E-state index contributed by atoms with van der Waals surface area (Å²) in [5, 5.41) is 15.1. The van der Waals surface area contributed by atoms with Gasteiger partial charge in [-0.3, -0.25) is 10.1 Å². The molecule has 0 fully saturated rings. The third-order valence-corrected chi connectivity index (χ3v) is 6.45. The smallest absolute Gasteiger partial charge is 0.274 e. The molecule has 3 aromatic carbocycles. The fourth-order valence-electron chi connectivity index (χ4n) is 4.84. The van der Waals surface area contributed by atoms with Crippen LogP contribution in [0.1, 0.15) is 40.6 Å². The molecule has 1 N–H and O–H groups in total. The van der Waals surface area contributed by atoms with Gasteiger partial charge in [-0.2, -0.15) is 0 Å². The Morgan fingerprint density at radius 3 is 2.58 bits per heavy atom. The molecule has 3 atom stereocenters. The first-order valence-corrected chi connectivity index (χ1v) is 10.6. The van der Waals surface area contributed by atoms with Gasteiger partial charge in [0.25, 0.3) is 5.69 Å². The molecule has 5 rings (SSSR count). The molecule has 0 radical (unpaired) electrons. The molecule has 0 saturated carbocycles. The molecular weight excluding hydrogens is 388 g/mol. The van der Waals surface area contributed by atoms with Gasteiger partial charge in [0.2, 0.25) is 0 Å². The van der Waals surface area contributed by atoms with Crippen molar-refractivity contribution in [2.75, 3.05) is 5.32 Å². The van der Waals surface area contributed by atoms with E-state index in [0.29, 0.717) is 18.1 Å². The second-order valence-corrected chi connectivity index (χ2v) is 8.25. The molecule has 0 spiro atoms. The average Bonchev–Trinajstić information content (AvgIpc) is 3.29. The maximum absolute atomic E-state index is 11.4. The zero-order valence-corrected chi connectivity index (χ0v) is 17.3. The summed E-state index contributed by atoms with van der Waals surface area (Å²) in [6, 6.07) is 22.0. The number of nitro groups is 1. The highest BCUT2D eigenvalue weighted by Gasteiger charge is 2.39. The monoisotopic (exact) mass is 412 g/mol. The minimum Gasteiger partial charge on any atom is -0.489 e. The third kappa shape index (κ3) is 3.56. The molecule has 0 aromatic heterocycles. The maximum Gasteiger partial charge on any atom is 0.274 e. The maximum atomic E-state index is 11.4. The summed E-state index contributed by atoms with van der Waals surface area (Å²) in [5.41, 5.74) is 5.22. The SMILES string of the molecule is Cc1c([N+](=O)[O-])ccc2c1NC(c1ccc(OCc3ccccc3)cc1)C1CC=CC21. The minimum absolute atomic E-state index is 0.0939. The van der Waals surface area contributed by atoms with Crippen molar-refractivity contribution in [3.63, 3.8) is 0 Å². The van der Waals surface area contributed by atoms with E-state index in [4.69, 9.17) is 4.74 Å². The van der Waals surface area contributed by atoms with Gasteiger partial charge >= 0.3 is 0 Å². The van der Waals surface area contributed by atoms with Crippen molar-refractivity contribution in [1.29, 1.82) is 0 Å². The van der Waals surface area contributed by atoms with Crippen LogP contribution in [0, 0.1) is 23.0 Å². The molecule has 0 saturated heterocycles. The van der Waals surface area contributed by atoms with E-state index in [1.807, 2.05) is 55.5 Å². The van der Waals surface area contributed by atoms with Gasteiger partial charge in [-0.15, -0.1) is 0 Å². The van der Waals surface area contributed by atoms with Gasteiger partial charge in [0.05, 0.1) is 16.5 Å². The number of hydrogen-bond donors (Lipinski definition) is 1. The van der Waals surface area contributed by atoms with E-state index in [0.717, 1.165) is 29.0 Å². The van der Waals surface area contributed by atoms with Gasteiger partial charge in [0.1, 0.15) is 12.4 Å². The number of hydrogen-bond acceptors (Lipinski definition) is 4. The van der Waals surface area contributed by atoms with Crippen LogP contribution in [0.5, 0.6) is 5.75 Å². The number of nitro benzene ring substituents is 1. The van der Waals surface area contributed by atoms with E-state index in [9.17, 15) is 10.1 Å². The summed E-state index contributed by atoms with van der Waals surface area (Å²) in [6.07, 6.45) is 5.47. The Balaban J connectivity index is 1.40. The van der Waals surface area contributed by atoms with Crippen LogP contribution in [0.4, 0.5) is 11.4 Å². The number of nitrogens with one attached hydrogen (secondary N) is 1. The van der Waals surface area contributed by atoms with Crippen LogP contribution in [0.2, 0.25) is 0 Å². The largest absolute Gasteiger partial charge is 0.489 e. The van der Waals surface area contributed by atoms with Crippen LogP contribution in [0.3, 0.4) is 0 Å². The number of allylic oxidation sites excluding steroid dienone is 2. The van der Waals surface area contributed by atoms with Crippen molar-refractivity contribution in [3.8, 4) is 5.75 Å². The third-order valence-electron chi connectivity index (χ3n) is 6.45. The summed E-state index contributed by atoms with van der Waals surface area (Å²) in [6.45, 7) is 2.37. The van der Waals surface area contributed by atoms with Crippen LogP contribution in [0.15, 0.2) is 78.9 Å². The normalized spacial score (nSPS) is 21.1. The first-order valence-electron chi connectivity index (χ1n) is 10.6. The highest BCUT2D eigenvalue weighted by molar-refractivity contribution is 5.69. The average molecular weight is 412 g/mol. The quantitative estimate of drug-likeness (QED) is 0.303. The van der Waals surface area contributed by atoms with Gasteiger partial charge in [0, 0.05) is 17.7 Å². The van der Waals surface area contributed by atoms with Crippen molar-refractivity contribution in [3.05, 3.63) is 111 Å². The zero-order valence-electron chi connectivity index (χ0n) is 17.3. The molecular formula is C26H24N2O3. The van der Waals surface area contributed by atoms with Crippen LogP contribution < -0.4 is 10.1 Å². The lowest BCUT2D eigenvalue weighted by molar-refractivity contribution is -0.385. The molecule has 156 valence electrons. The van der Waals surface area contributed by atoms with E-state index in [1.54, 1.807) is 6.07 Å². The molecule has 1 heterocycles. The topological polar surface area (TPSA) is 64.4 Å². The van der Waals surface area contributed by atoms with E-state index in [-0.39, 0.29) is 22.6 Å². The van der Waals surface area contributed by atoms with Crippen molar-refractivity contribution in [1.82, 2.24) is 0 Å². The molecule has 1 aliphatic heterocycles. The van der Waals surface area contributed by atoms with E-state index < -0.39 is 0 Å². The summed E-state index contributed by atoms with van der Waals surface area (Å²) < 4.78 is 5.93. The van der Waals surface area contributed by atoms with Gasteiger partial charge in [-0.1, -0.05) is 54.6 Å². The number of anilines is 1. The lowest BCUT2D eigenvalue weighted by Crippen LogP contribution is -2.29. The van der Waals surface area contributed by atoms with Gasteiger partial charge in [-0.25, -0.2) is 0 Å². The van der Waals surface area contributed by atoms with Gasteiger partial charge < -0.3 is 10.1 Å². The minimum atomic E-state index is -0.304. The van der Waals surface area contributed by atoms with Crippen LogP contribution in [-0.4, -0.2) is 4.92 Å². The van der Waals surface area contributed by atoms with Gasteiger partial charge in [0.15, 0.2) is 0 Å². The summed E-state index contributed by atoms with van der Waals surface area (Å²) in [4.78, 5) is 11.1. The standard InChI is InChI=1S/C26H24N2O3/c1-17-24(28(29)30)15-14-23-21-8-5-9-22(21)26(27-25(17)23)19-10-12-20(13-11-19)31-16-18-6-3-2-4-7-18/h2-8,10-15,21-22,26-27H,9,16H2,1H3. The van der Waals surface area contributed by atoms with Crippen LogP contribution >= 0.6 is 0 Å². The Bertz CT molecular complexity index is 1140. The number of nitrogens with zero attached hydrogens (tertiary/aromatic N) is 1. The van der Waals surface area contributed by atoms with E-state index >= 15 is 0 Å². The fraction of sp³-hybridized carbons (Fsp3) is 0.231. The van der Waals surface area contributed by atoms with E-state index in [1.165, 1.54) is 5.56 Å². The predicted octanol–water partition coefficient (Wildman–Crippen LogP) is 6.31. The van der Waals surface area contributed by atoms with Crippen LogP contribution in [0.25, 0.3) is 0 Å². The Labute approximate surface area is 181 Å². The van der Waals surface area contributed by atoms with Gasteiger partial charge in [-0.05, 0) is 54.2 Å². The number of rotatable bonds is 5. The number of ether oxygens (including phenoxy) is 1. The molecule has 5 heteroatoms.